The van der Waals surface area contributed by atoms with Gasteiger partial charge >= 0.3 is 0 Å². The molecule has 0 atom stereocenters. The lowest BCUT2D eigenvalue weighted by Crippen LogP contribution is -2.14. The first-order chi connectivity index (χ1) is 9.90. The van der Waals surface area contributed by atoms with Crippen molar-refractivity contribution in [1.29, 1.82) is 0 Å². The molecule has 0 aliphatic carbocycles. The second kappa shape index (κ2) is 6.04. The number of hydrogen-bond acceptors (Lipinski definition) is 3. The minimum atomic E-state index is -1.07. The van der Waals surface area contributed by atoms with Crippen molar-refractivity contribution in [1.82, 2.24) is 0 Å². The quantitative estimate of drug-likeness (QED) is 0.379. The lowest BCUT2D eigenvalue weighted by Gasteiger charge is -2.10. The molecule has 8 heteroatoms. The van der Waals surface area contributed by atoms with Gasteiger partial charge in [-0.15, -0.1) is 0 Å². The van der Waals surface area contributed by atoms with Gasteiger partial charge in [0.05, 0.1) is 0 Å². The van der Waals surface area contributed by atoms with Crippen molar-refractivity contribution in [3.8, 4) is 11.5 Å². The summed E-state index contributed by atoms with van der Waals surface area (Å²) < 4.78 is 46.2. The van der Waals surface area contributed by atoms with Crippen LogP contribution in [0.2, 0.25) is 0 Å². The van der Waals surface area contributed by atoms with Gasteiger partial charge in [0.25, 0.3) is 0 Å². The molecular weight excluding hydrogens is 353 g/mol. The van der Waals surface area contributed by atoms with E-state index in [2.05, 4.69) is 21.1 Å². The summed E-state index contributed by atoms with van der Waals surface area (Å²) in [5.74, 6) is -4.03. The smallest absolute Gasteiger partial charge is 0.198 e. The third-order valence-electron chi connectivity index (χ3n) is 2.46. The average molecular weight is 361 g/mol. The summed E-state index contributed by atoms with van der Waals surface area (Å²) in [5, 5.41) is 11.1. The fourth-order valence-electron chi connectivity index (χ4n) is 1.57. The fourth-order valence-corrected chi connectivity index (χ4v) is 2.01. The Morgan fingerprint density at radius 1 is 1.10 bits per heavy atom. The van der Waals surface area contributed by atoms with Crippen LogP contribution in [-0.4, -0.2) is 11.0 Å². The molecule has 0 spiro atoms. The van der Waals surface area contributed by atoms with E-state index in [9.17, 15) is 13.2 Å². The van der Waals surface area contributed by atoms with Crippen molar-refractivity contribution in [3.63, 3.8) is 0 Å². The zero-order valence-electron chi connectivity index (χ0n) is 10.3. The molecule has 0 aliphatic heterocycles. The summed E-state index contributed by atoms with van der Waals surface area (Å²) in [4.78, 5) is 0. The molecule has 0 unspecified atom stereocenters. The maximum Gasteiger partial charge on any atom is 0.198 e. The zero-order chi connectivity index (χ0) is 15.6. The maximum atomic E-state index is 13.8. The molecule has 110 valence electrons. The maximum absolute atomic E-state index is 13.8. The standard InChI is InChI=1S/C13H8BrF3N2O2/c14-7-3-8(15)5-9(4-7)21-12-10(16)1-6(2-11(12)17)13(18)19-20/h1-5,20H,(H2,18,19). The monoisotopic (exact) mass is 360 g/mol. The van der Waals surface area contributed by atoms with E-state index in [1.165, 1.54) is 12.1 Å². The van der Waals surface area contributed by atoms with Crippen LogP contribution in [-0.2, 0) is 0 Å². The van der Waals surface area contributed by atoms with Crippen LogP contribution < -0.4 is 10.5 Å². The number of ether oxygens (including phenoxy) is 1. The van der Waals surface area contributed by atoms with Crippen LogP contribution in [0.1, 0.15) is 5.56 Å². The lowest BCUT2D eigenvalue weighted by atomic mass is 10.2. The van der Waals surface area contributed by atoms with Crippen LogP contribution in [0.4, 0.5) is 13.2 Å². The first-order valence-corrected chi connectivity index (χ1v) is 6.31. The van der Waals surface area contributed by atoms with Gasteiger partial charge in [-0.25, -0.2) is 13.2 Å². The Kier molecular flexibility index (Phi) is 4.37. The highest BCUT2D eigenvalue weighted by atomic mass is 79.9. The van der Waals surface area contributed by atoms with E-state index in [0.29, 0.717) is 4.47 Å². The van der Waals surface area contributed by atoms with Gasteiger partial charge in [0, 0.05) is 16.1 Å². The number of benzene rings is 2. The molecule has 0 aromatic heterocycles. The molecule has 4 nitrogen and oxygen atoms in total. The number of rotatable bonds is 3. The van der Waals surface area contributed by atoms with Crippen LogP contribution in [0.25, 0.3) is 0 Å². The topological polar surface area (TPSA) is 67.8 Å². The Balaban J connectivity index is 2.41. The second-order valence-electron chi connectivity index (χ2n) is 3.96. The first kappa shape index (κ1) is 15.2. The third kappa shape index (κ3) is 3.46. The van der Waals surface area contributed by atoms with Crippen molar-refractivity contribution in [2.45, 2.75) is 0 Å². The van der Waals surface area contributed by atoms with Crippen molar-refractivity contribution in [2.75, 3.05) is 0 Å². The Morgan fingerprint density at radius 2 is 1.71 bits per heavy atom. The lowest BCUT2D eigenvalue weighted by molar-refractivity contribution is 0.318. The Morgan fingerprint density at radius 3 is 2.24 bits per heavy atom. The minimum absolute atomic E-state index is 0.0868. The van der Waals surface area contributed by atoms with Crippen LogP contribution in [0.15, 0.2) is 40.0 Å². The van der Waals surface area contributed by atoms with Crippen molar-refractivity contribution >= 4 is 21.8 Å². The van der Waals surface area contributed by atoms with E-state index in [1.54, 1.807) is 0 Å². The van der Waals surface area contributed by atoms with Gasteiger partial charge in [0.1, 0.15) is 11.6 Å². The molecule has 0 radical (unpaired) electrons. The Hall–Kier alpha value is -2.22. The van der Waals surface area contributed by atoms with Crippen LogP contribution >= 0.6 is 15.9 Å². The molecule has 0 fully saturated rings. The number of halogens is 4. The Labute approximate surface area is 125 Å². The van der Waals surface area contributed by atoms with E-state index < -0.39 is 29.0 Å². The third-order valence-corrected chi connectivity index (χ3v) is 2.92. The summed E-state index contributed by atoms with van der Waals surface area (Å²) in [7, 11) is 0. The van der Waals surface area contributed by atoms with Gasteiger partial charge in [-0.2, -0.15) is 0 Å². The molecule has 0 saturated carbocycles. The van der Waals surface area contributed by atoms with Gasteiger partial charge < -0.3 is 15.7 Å². The number of hydrogen-bond donors (Lipinski definition) is 2. The normalized spacial score (nSPS) is 11.5. The van der Waals surface area contributed by atoms with E-state index >= 15 is 0 Å². The van der Waals surface area contributed by atoms with E-state index in [1.807, 2.05) is 0 Å². The number of oxime groups is 1. The summed E-state index contributed by atoms with van der Waals surface area (Å²) in [5.41, 5.74) is 5.09. The molecule has 2 rings (SSSR count). The molecule has 2 aromatic rings. The van der Waals surface area contributed by atoms with Gasteiger partial charge in [0.2, 0.25) is 0 Å². The largest absolute Gasteiger partial charge is 0.451 e. The zero-order valence-corrected chi connectivity index (χ0v) is 11.9. The van der Waals surface area contributed by atoms with E-state index in [0.717, 1.165) is 18.2 Å². The van der Waals surface area contributed by atoms with E-state index in [-0.39, 0.29) is 11.3 Å². The van der Waals surface area contributed by atoms with Crippen LogP contribution in [0.3, 0.4) is 0 Å². The molecule has 0 bridgehead atoms. The van der Waals surface area contributed by atoms with Gasteiger partial charge in [0.15, 0.2) is 23.2 Å². The van der Waals surface area contributed by atoms with Crippen molar-refractivity contribution in [2.24, 2.45) is 10.9 Å². The van der Waals surface area contributed by atoms with Gasteiger partial charge in [-0.1, -0.05) is 21.1 Å². The molecule has 21 heavy (non-hydrogen) atoms. The summed E-state index contributed by atoms with van der Waals surface area (Å²) in [6.07, 6.45) is 0. The second-order valence-corrected chi connectivity index (χ2v) is 4.88. The highest BCUT2D eigenvalue weighted by molar-refractivity contribution is 9.10. The van der Waals surface area contributed by atoms with Crippen molar-refractivity contribution < 1.29 is 23.1 Å². The van der Waals surface area contributed by atoms with Gasteiger partial charge in [-0.05, 0) is 24.3 Å². The number of nitrogens with two attached hydrogens (primary N) is 1. The molecule has 3 N–H and O–H groups in total. The molecule has 0 heterocycles. The molecule has 0 aliphatic rings. The minimum Gasteiger partial charge on any atom is -0.451 e. The molecule has 0 saturated heterocycles. The predicted molar refractivity (Wildman–Crippen MR) is 73.0 cm³/mol. The fraction of sp³-hybridized carbons (Fsp3) is 0. The highest BCUT2D eigenvalue weighted by Crippen LogP contribution is 2.30. The van der Waals surface area contributed by atoms with E-state index in [4.69, 9.17) is 15.7 Å². The number of amidine groups is 1. The molecular formula is C13H8BrF3N2O2. The van der Waals surface area contributed by atoms with Crippen LogP contribution in [0.5, 0.6) is 11.5 Å². The van der Waals surface area contributed by atoms with Crippen LogP contribution in [0, 0.1) is 17.5 Å². The SMILES string of the molecule is N/C(=N/O)c1cc(F)c(Oc2cc(F)cc(Br)c2)c(F)c1. The Bertz CT molecular complexity index is 679. The summed E-state index contributed by atoms with van der Waals surface area (Å²) in [6, 6.07) is 5.16. The summed E-state index contributed by atoms with van der Waals surface area (Å²) in [6.45, 7) is 0. The first-order valence-electron chi connectivity index (χ1n) is 5.51. The number of nitrogens with zero attached hydrogens (tertiary/aromatic N) is 1. The highest BCUT2D eigenvalue weighted by Gasteiger charge is 2.16. The predicted octanol–water partition coefficient (Wildman–Crippen LogP) is 3.75. The van der Waals surface area contributed by atoms with Crippen molar-refractivity contribution in [3.05, 3.63) is 57.8 Å². The average Bonchev–Trinajstić information content (AvgIpc) is 2.40. The molecule has 0 amide bonds. The molecule has 2 aromatic carbocycles. The summed E-state index contributed by atoms with van der Waals surface area (Å²) >= 11 is 3.04. The van der Waals surface area contributed by atoms with Gasteiger partial charge in [-0.3, -0.25) is 0 Å².